The number of pyridine rings is 1. The SMILES string of the molecule is CC1CNCCN(CCc2ccncc2)C1. The largest absolute Gasteiger partial charge is 0.315 e. The van der Waals surface area contributed by atoms with Crippen molar-refractivity contribution in [2.75, 3.05) is 32.7 Å². The minimum atomic E-state index is 0.764. The van der Waals surface area contributed by atoms with Crippen molar-refractivity contribution < 1.29 is 0 Å². The smallest absolute Gasteiger partial charge is 0.0270 e. The molecule has 1 N–H and O–H groups in total. The minimum absolute atomic E-state index is 0.764. The van der Waals surface area contributed by atoms with Gasteiger partial charge in [-0.25, -0.2) is 0 Å². The first-order chi connectivity index (χ1) is 7.84. The second-order valence-corrected chi connectivity index (χ2v) is 4.72. The Morgan fingerprint density at radius 2 is 2.25 bits per heavy atom. The first-order valence-corrected chi connectivity index (χ1v) is 6.16. The van der Waals surface area contributed by atoms with E-state index >= 15 is 0 Å². The van der Waals surface area contributed by atoms with E-state index in [1.807, 2.05) is 12.4 Å². The van der Waals surface area contributed by atoms with Gasteiger partial charge in [0.05, 0.1) is 0 Å². The quantitative estimate of drug-likeness (QED) is 0.827. The summed E-state index contributed by atoms with van der Waals surface area (Å²) in [6.45, 7) is 8.16. The van der Waals surface area contributed by atoms with Crippen LogP contribution in [0, 0.1) is 5.92 Å². The molecule has 0 aliphatic carbocycles. The van der Waals surface area contributed by atoms with Crippen LogP contribution in [-0.2, 0) is 6.42 Å². The third-order valence-corrected chi connectivity index (χ3v) is 3.13. The van der Waals surface area contributed by atoms with Crippen LogP contribution in [0.3, 0.4) is 0 Å². The van der Waals surface area contributed by atoms with Gasteiger partial charge in [-0.3, -0.25) is 4.98 Å². The zero-order valence-electron chi connectivity index (χ0n) is 10.0. The molecule has 1 atom stereocenters. The molecule has 3 heteroatoms. The topological polar surface area (TPSA) is 28.2 Å². The summed E-state index contributed by atoms with van der Waals surface area (Å²) in [4.78, 5) is 6.60. The Balaban J connectivity index is 1.80. The van der Waals surface area contributed by atoms with Gasteiger partial charge in [0.2, 0.25) is 0 Å². The van der Waals surface area contributed by atoms with Crippen LogP contribution in [0.5, 0.6) is 0 Å². The summed E-state index contributed by atoms with van der Waals surface area (Å²) in [5, 5.41) is 3.47. The highest BCUT2D eigenvalue weighted by Gasteiger charge is 2.13. The Morgan fingerprint density at radius 1 is 1.44 bits per heavy atom. The van der Waals surface area contributed by atoms with Crippen molar-refractivity contribution in [2.24, 2.45) is 5.92 Å². The fourth-order valence-electron chi connectivity index (χ4n) is 2.22. The molecule has 1 fully saturated rings. The van der Waals surface area contributed by atoms with Crippen molar-refractivity contribution in [3.05, 3.63) is 30.1 Å². The maximum Gasteiger partial charge on any atom is 0.0270 e. The van der Waals surface area contributed by atoms with Gasteiger partial charge in [0, 0.05) is 38.6 Å². The predicted molar refractivity (Wildman–Crippen MR) is 66.4 cm³/mol. The van der Waals surface area contributed by atoms with Crippen molar-refractivity contribution >= 4 is 0 Å². The Morgan fingerprint density at radius 3 is 3.06 bits per heavy atom. The van der Waals surface area contributed by atoms with Crippen LogP contribution < -0.4 is 5.32 Å². The molecule has 1 aromatic heterocycles. The van der Waals surface area contributed by atoms with Crippen LogP contribution in [0.1, 0.15) is 12.5 Å². The molecule has 0 aromatic carbocycles. The van der Waals surface area contributed by atoms with E-state index in [1.165, 1.54) is 18.7 Å². The van der Waals surface area contributed by atoms with Gasteiger partial charge in [-0.15, -0.1) is 0 Å². The molecule has 16 heavy (non-hydrogen) atoms. The van der Waals surface area contributed by atoms with E-state index in [0.29, 0.717) is 0 Å². The third-order valence-electron chi connectivity index (χ3n) is 3.13. The van der Waals surface area contributed by atoms with Crippen LogP contribution in [0.25, 0.3) is 0 Å². The zero-order chi connectivity index (χ0) is 11.2. The molecular weight excluding hydrogens is 198 g/mol. The number of aromatic nitrogens is 1. The molecular formula is C13H21N3. The van der Waals surface area contributed by atoms with Crippen molar-refractivity contribution in [3.8, 4) is 0 Å². The molecule has 1 aliphatic heterocycles. The van der Waals surface area contributed by atoms with Crippen LogP contribution in [-0.4, -0.2) is 42.6 Å². The van der Waals surface area contributed by atoms with E-state index in [9.17, 15) is 0 Å². The number of rotatable bonds is 3. The van der Waals surface area contributed by atoms with Gasteiger partial charge in [-0.1, -0.05) is 6.92 Å². The van der Waals surface area contributed by atoms with Crippen LogP contribution in [0.15, 0.2) is 24.5 Å². The first kappa shape index (κ1) is 11.6. The summed E-state index contributed by atoms with van der Waals surface area (Å²) in [5.74, 6) is 0.764. The Kier molecular flexibility index (Phi) is 4.31. The first-order valence-electron chi connectivity index (χ1n) is 6.16. The van der Waals surface area contributed by atoms with Gasteiger partial charge in [0.15, 0.2) is 0 Å². The van der Waals surface area contributed by atoms with E-state index < -0.39 is 0 Å². The zero-order valence-corrected chi connectivity index (χ0v) is 10.0. The van der Waals surface area contributed by atoms with Gasteiger partial charge in [0.25, 0.3) is 0 Å². The number of hydrogen-bond acceptors (Lipinski definition) is 3. The highest BCUT2D eigenvalue weighted by molar-refractivity contribution is 5.09. The molecule has 1 unspecified atom stereocenters. The highest BCUT2D eigenvalue weighted by Crippen LogP contribution is 2.05. The van der Waals surface area contributed by atoms with Crippen molar-refractivity contribution in [1.82, 2.24) is 15.2 Å². The highest BCUT2D eigenvalue weighted by atomic mass is 15.2. The van der Waals surface area contributed by atoms with Crippen molar-refractivity contribution in [2.45, 2.75) is 13.3 Å². The minimum Gasteiger partial charge on any atom is -0.315 e. The van der Waals surface area contributed by atoms with Gasteiger partial charge >= 0.3 is 0 Å². The maximum atomic E-state index is 4.04. The maximum absolute atomic E-state index is 4.04. The lowest BCUT2D eigenvalue weighted by atomic mass is 10.1. The number of hydrogen-bond donors (Lipinski definition) is 1. The summed E-state index contributed by atoms with van der Waals surface area (Å²) in [7, 11) is 0. The second kappa shape index (κ2) is 5.97. The molecule has 1 aliphatic rings. The molecule has 3 nitrogen and oxygen atoms in total. The fourth-order valence-corrected chi connectivity index (χ4v) is 2.22. The van der Waals surface area contributed by atoms with E-state index in [-0.39, 0.29) is 0 Å². The molecule has 2 rings (SSSR count). The van der Waals surface area contributed by atoms with E-state index in [0.717, 1.165) is 32.0 Å². The summed E-state index contributed by atoms with van der Waals surface area (Å²) in [6, 6.07) is 4.22. The second-order valence-electron chi connectivity index (χ2n) is 4.72. The molecule has 0 spiro atoms. The fraction of sp³-hybridized carbons (Fsp3) is 0.615. The summed E-state index contributed by atoms with van der Waals surface area (Å²) < 4.78 is 0. The lowest BCUT2D eigenvalue weighted by molar-refractivity contribution is 0.268. The van der Waals surface area contributed by atoms with Crippen LogP contribution in [0.2, 0.25) is 0 Å². The third kappa shape index (κ3) is 3.58. The van der Waals surface area contributed by atoms with Gasteiger partial charge < -0.3 is 10.2 Å². The average molecular weight is 219 g/mol. The lowest BCUT2D eigenvalue weighted by Gasteiger charge is -2.21. The molecule has 0 amide bonds. The predicted octanol–water partition coefficient (Wildman–Crippen LogP) is 1.17. The van der Waals surface area contributed by atoms with E-state index in [2.05, 4.69) is 34.3 Å². The van der Waals surface area contributed by atoms with E-state index in [1.54, 1.807) is 0 Å². The lowest BCUT2D eigenvalue weighted by Crippen LogP contribution is -2.31. The van der Waals surface area contributed by atoms with Crippen LogP contribution in [0.4, 0.5) is 0 Å². The molecule has 1 saturated heterocycles. The molecule has 1 aromatic rings. The Hall–Kier alpha value is -0.930. The molecule has 0 bridgehead atoms. The number of nitrogens with one attached hydrogen (secondary N) is 1. The standard InChI is InChI=1S/C13H21N3/c1-12-10-15-7-9-16(11-12)8-4-13-2-5-14-6-3-13/h2-3,5-6,12,15H,4,7-11H2,1H3. The number of nitrogens with zero attached hydrogens (tertiary/aromatic N) is 2. The van der Waals surface area contributed by atoms with Crippen molar-refractivity contribution in [3.63, 3.8) is 0 Å². The van der Waals surface area contributed by atoms with Crippen LogP contribution >= 0.6 is 0 Å². The summed E-state index contributed by atoms with van der Waals surface area (Å²) in [5.41, 5.74) is 1.39. The monoisotopic (exact) mass is 219 g/mol. The van der Waals surface area contributed by atoms with Crippen molar-refractivity contribution in [1.29, 1.82) is 0 Å². The van der Waals surface area contributed by atoms with Gasteiger partial charge in [-0.05, 0) is 36.6 Å². The Bertz CT molecular complexity index is 299. The van der Waals surface area contributed by atoms with Gasteiger partial charge in [-0.2, -0.15) is 0 Å². The van der Waals surface area contributed by atoms with Gasteiger partial charge in [0.1, 0.15) is 0 Å². The molecule has 88 valence electrons. The molecule has 0 saturated carbocycles. The summed E-state index contributed by atoms with van der Waals surface area (Å²) in [6.07, 6.45) is 4.89. The average Bonchev–Trinajstić information content (AvgIpc) is 2.52. The summed E-state index contributed by atoms with van der Waals surface area (Å²) >= 11 is 0. The molecule has 2 heterocycles. The van der Waals surface area contributed by atoms with E-state index in [4.69, 9.17) is 0 Å². The normalized spacial score (nSPS) is 22.9. The Labute approximate surface area is 97.9 Å². The molecule has 0 radical (unpaired) electrons.